The molecule has 12 rings (SSSR count). The highest BCUT2D eigenvalue weighted by molar-refractivity contribution is 7.69. The van der Waals surface area contributed by atoms with Gasteiger partial charge in [0.1, 0.15) is 34.2 Å². The molecule has 5 nitrogen and oxygen atoms in total. The zero-order chi connectivity index (χ0) is 45.8. The molecule has 0 atom stereocenters. The van der Waals surface area contributed by atoms with Crippen molar-refractivity contribution in [1.82, 2.24) is 0 Å². The van der Waals surface area contributed by atoms with Crippen LogP contribution in [0.5, 0.6) is 23.0 Å². The summed E-state index contributed by atoms with van der Waals surface area (Å²) in [7, 11) is -3.48. The molecule has 0 saturated heterocycles. The number of fused-ring (bicyclic) bond motifs is 11. The van der Waals surface area contributed by atoms with Gasteiger partial charge in [0.05, 0.1) is 10.6 Å². The van der Waals surface area contributed by atoms with Crippen LogP contribution in [0.15, 0.2) is 154 Å². The van der Waals surface area contributed by atoms with Gasteiger partial charge in [-0.25, -0.2) is 0 Å². The highest BCUT2D eigenvalue weighted by atomic mass is 31.1. The average Bonchev–Trinajstić information content (AvgIpc) is 3.48. The Kier molecular flexibility index (Phi) is 9.77. The van der Waals surface area contributed by atoms with Gasteiger partial charge >= 0.3 is 8.24 Å². The molecule has 0 saturated carbocycles. The molecule has 7 heteroatoms. The van der Waals surface area contributed by atoms with Gasteiger partial charge in [0.2, 0.25) is 0 Å². The largest absolute Gasteiger partial charge is 0.463 e. The van der Waals surface area contributed by atoms with Crippen LogP contribution in [0.4, 0.5) is 0 Å². The first-order valence-electron chi connectivity index (χ1n) is 22.8. The highest BCUT2D eigenvalue weighted by Crippen LogP contribution is 2.56. The van der Waals surface area contributed by atoms with Gasteiger partial charge in [-0.2, -0.15) is 0 Å². The van der Waals surface area contributed by atoms with Gasteiger partial charge in [-0.05, 0) is 169 Å². The van der Waals surface area contributed by atoms with Gasteiger partial charge < -0.3 is 22.2 Å². The second-order valence-electron chi connectivity index (χ2n) is 18.4. The van der Waals surface area contributed by atoms with E-state index in [1.54, 1.807) is 0 Å². The summed E-state index contributed by atoms with van der Waals surface area (Å²) in [5.41, 5.74) is 12.1. The maximum Gasteiger partial charge on any atom is 0.453 e. The fraction of sp³-hybridized carbons (Fsp3) is 0.133. The lowest BCUT2D eigenvalue weighted by atomic mass is 9.88. The average molecular weight is 911 g/mol. The molecule has 10 aromatic carbocycles. The van der Waals surface area contributed by atoms with E-state index in [0.29, 0.717) is 5.75 Å². The summed E-state index contributed by atoms with van der Waals surface area (Å²) in [6.45, 7) is 17.1. The van der Waals surface area contributed by atoms with E-state index in [0.717, 1.165) is 137 Å². The molecule has 0 aliphatic carbocycles. The third-order valence-corrected chi connectivity index (χ3v) is 16.2. The van der Waals surface area contributed by atoms with Crippen molar-refractivity contribution < 1.29 is 22.2 Å². The Bertz CT molecular complexity index is 3800. The SMILES string of the molecule is Cc1ccc2c(c1)P(Oc1c(C)cc3cc(C)ccc3c1-c1c(Op3oc4c(C)cc5ccccc5c4c4c(o3)c(C)cc3ccccc34)c(C)cc3cc(C)ccc13)c1cc(C)ccc1O2. The summed E-state index contributed by atoms with van der Waals surface area (Å²) < 4.78 is 36.2. The third-order valence-electron chi connectivity index (χ3n) is 13.3. The van der Waals surface area contributed by atoms with Crippen LogP contribution < -0.4 is 24.4 Å². The molecule has 0 N–H and O–H groups in total. The molecule has 1 aliphatic heterocycles. The highest BCUT2D eigenvalue weighted by Gasteiger charge is 2.33. The van der Waals surface area contributed by atoms with Crippen LogP contribution in [0.2, 0.25) is 0 Å². The lowest BCUT2D eigenvalue weighted by molar-refractivity contribution is 0.484. The van der Waals surface area contributed by atoms with Gasteiger partial charge in [-0.15, -0.1) is 0 Å². The summed E-state index contributed by atoms with van der Waals surface area (Å²) in [4.78, 5) is 0. The zero-order valence-electron chi connectivity index (χ0n) is 38.8. The normalized spacial score (nSPS) is 12.5. The molecule has 0 spiro atoms. The second kappa shape index (κ2) is 15.8. The van der Waals surface area contributed by atoms with Crippen LogP contribution in [0, 0.1) is 55.4 Å². The first-order chi connectivity index (χ1) is 32.5. The monoisotopic (exact) mass is 910 g/mol. The van der Waals surface area contributed by atoms with E-state index in [1.807, 2.05) is 0 Å². The van der Waals surface area contributed by atoms with Gasteiger partial charge in [0, 0.05) is 21.9 Å². The van der Waals surface area contributed by atoms with E-state index in [-0.39, 0.29) is 0 Å². The lowest BCUT2D eigenvalue weighted by Gasteiger charge is -2.30. The number of benzene rings is 10. The van der Waals surface area contributed by atoms with Crippen LogP contribution in [-0.2, 0) is 0 Å². The van der Waals surface area contributed by atoms with E-state index in [2.05, 4.69) is 201 Å². The predicted octanol–water partition coefficient (Wildman–Crippen LogP) is 17.4. The van der Waals surface area contributed by atoms with Crippen LogP contribution >= 0.6 is 16.4 Å². The van der Waals surface area contributed by atoms with Crippen molar-refractivity contribution in [3.8, 4) is 34.1 Å². The lowest BCUT2D eigenvalue weighted by Crippen LogP contribution is -2.24. The maximum atomic E-state index is 7.73. The Morgan fingerprint density at radius 3 is 1.28 bits per heavy atom. The minimum absolute atomic E-state index is 0.689. The maximum absolute atomic E-state index is 7.73. The molecule has 328 valence electrons. The van der Waals surface area contributed by atoms with Crippen molar-refractivity contribution in [2.75, 3.05) is 0 Å². The van der Waals surface area contributed by atoms with Crippen LogP contribution in [0.3, 0.4) is 0 Å². The summed E-state index contributed by atoms with van der Waals surface area (Å²) in [5.74, 6) is 3.13. The smallest absolute Gasteiger partial charge is 0.453 e. The van der Waals surface area contributed by atoms with Crippen molar-refractivity contribution in [2.45, 2.75) is 55.4 Å². The molecule has 0 radical (unpaired) electrons. The fourth-order valence-electron chi connectivity index (χ4n) is 10.2. The minimum Gasteiger partial charge on any atom is -0.463 e. The summed E-state index contributed by atoms with van der Waals surface area (Å²) in [6.07, 6.45) is 0. The van der Waals surface area contributed by atoms with E-state index >= 15 is 0 Å². The number of hydrogen-bond acceptors (Lipinski definition) is 5. The van der Waals surface area contributed by atoms with E-state index in [9.17, 15) is 0 Å². The first kappa shape index (κ1) is 41.4. The third kappa shape index (κ3) is 6.87. The molecule has 11 aromatic rings. The van der Waals surface area contributed by atoms with E-state index < -0.39 is 16.4 Å². The summed E-state index contributed by atoms with van der Waals surface area (Å²) in [6, 6.07) is 52.2. The minimum atomic E-state index is -2.09. The Labute approximate surface area is 392 Å². The Morgan fingerprint density at radius 1 is 0.373 bits per heavy atom. The standard InChI is InChI=1S/C60H48O5P2/c1-33-17-21-47-43(25-33)31-39(7)57(62-66-51-27-35(3)19-23-49(51)61-50-24-20-36(4)28-52(50)66)55(47)56-48-22-18-34(2)26-44(48)32-40(8)60(56)65-67-63-58-37(5)29-41-13-9-11-15-45(41)53(58)54-46-16-12-10-14-42(46)30-38(6)59(54)64-67/h9-32H,1-8H3. The van der Waals surface area contributed by atoms with Crippen LogP contribution in [0.25, 0.3) is 76.2 Å². The van der Waals surface area contributed by atoms with Gasteiger partial charge in [0.15, 0.2) is 8.15 Å². The van der Waals surface area contributed by atoms with Crippen molar-refractivity contribution in [2.24, 2.45) is 0 Å². The van der Waals surface area contributed by atoms with Crippen molar-refractivity contribution in [1.29, 1.82) is 0 Å². The molecule has 2 heterocycles. The quantitative estimate of drug-likeness (QED) is 0.161. The van der Waals surface area contributed by atoms with E-state index in [1.165, 1.54) is 11.1 Å². The molecule has 0 bridgehead atoms. The molecule has 0 amide bonds. The zero-order valence-corrected chi connectivity index (χ0v) is 40.6. The number of rotatable bonds is 5. The van der Waals surface area contributed by atoms with Crippen molar-refractivity contribution >= 4 is 92.0 Å². The second-order valence-corrected chi connectivity index (χ2v) is 21.1. The van der Waals surface area contributed by atoms with Crippen LogP contribution in [0.1, 0.15) is 44.5 Å². The van der Waals surface area contributed by atoms with Gasteiger partial charge in [-0.1, -0.05) is 119 Å². The van der Waals surface area contributed by atoms with E-state index in [4.69, 9.17) is 22.2 Å². The number of ether oxygens (including phenoxy) is 1. The summed E-state index contributed by atoms with van der Waals surface area (Å²) >= 11 is 0. The molecule has 0 fully saturated rings. The topological polar surface area (TPSA) is 54.0 Å². The molecule has 67 heavy (non-hydrogen) atoms. The van der Waals surface area contributed by atoms with Crippen molar-refractivity contribution in [3.05, 3.63) is 190 Å². The Balaban J connectivity index is 1.18. The molecular weight excluding hydrogens is 863 g/mol. The fourth-order valence-corrected chi connectivity index (χ4v) is 13.6. The number of hydrogen-bond donors (Lipinski definition) is 0. The van der Waals surface area contributed by atoms with Crippen LogP contribution in [-0.4, -0.2) is 0 Å². The van der Waals surface area contributed by atoms with Gasteiger partial charge in [0.25, 0.3) is 0 Å². The molecule has 1 aromatic heterocycles. The molecular formula is C60H48O5P2. The Morgan fingerprint density at radius 2 is 0.791 bits per heavy atom. The number of aryl methyl sites for hydroxylation is 8. The molecule has 0 unspecified atom stereocenters. The Hall–Kier alpha value is -7.03. The summed E-state index contributed by atoms with van der Waals surface area (Å²) in [5, 5.41) is 13.0. The van der Waals surface area contributed by atoms with Gasteiger partial charge in [-0.3, -0.25) is 0 Å². The molecule has 1 aliphatic rings. The predicted molar refractivity (Wildman–Crippen MR) is 282 cm³/mol. The van der Waals surface area contributed by atoms with Crippen molar-refractivity contribution in [3.63, 3.8) is 0 Å². The first-order valence-corrected chi connectivity index (χ1v) is 25.2.